The van der Waals surface area contributed by atoms with Crippen molar-refractivity contribution < 1.29 is 19.0 Å². The molecule has 0 saturated heterocycles. The molecule has 0 spiro atoms. The van der Waals surface area contributed by atoms with Crippen LogP contribution in [0.25, 0.3) is 0 Å². The number of methoxy groups -OCH3 is 2. The van der Waals surface area contributed by atoms with Gasteiger partial charge in [0.25, 0.3) is 0 Å². The van der Waals surface area contributed by atoms with Gasteiger partial charge in [-0.15, -0.1) is 0 Å². The summed E-state index contributed by atoms with van der Waals surface area (Å²) in [6.07, 6.45) is 3.73. The van der Waals surface area contributed by atoms with Gasteiger partial charge in [0.1, 0.15) is 5.41 Å². The largest absolute Gasteiger partial charge is 0.463 e. The molecule has 0 bridgehead atoms. The molecule has 0 radical (unpaired) electrons. The quantitative estimate of drug-likeness (QED) is 0.197. The molecule has 88 valence electrons. The van der Waals surface area contributed by atoms with Gasteiger partial charge in [0.15, 0.2) is 0 Å². The third kappa shape index (κ3) is 6.43. The summed E-state index contributed by atoms with van der Waals surface area (Å²) in [6.45, 7) is 3.74. The van der Waals surface area contributed by atoms with E-state index in [9.17, 15) is 4.79 Å². The van der Waals surface area contributed by atoms with Crippen molar-refractivity contribution in [3.8, 4) is 0 Å². The van der Waals surface area contributed by atoms with Crippen LogP contribution in [0.2, 0.25) is 0 Å². The Hall–Kier alpha value is -0.653. The second-order valence-corrected chi connectivity index (χ2v) is 4.89. The molecule has 0 fully saturated rings. The standard InChI is InChI=1S/C10H20O4Si/c1-4-9(11)14-8-6-5-7-10(15,12-2)13-3/h4H,1,5-8H2,2-3,15H3. The molecule has 0 amide bonds. The van der Waals surface area contributed by atoms with Crippen LogP contribution < -0.4 is 0 Å². The minimum Gasteiger partial charge on any atom is -0.463 e. The van der Waals surface area contributed by atoms with E-state index in [1.54, 1.807) is 14.2 Å². The second-order valence-electron chi connectivity index (χ2n) is 3.37. The van der Waals surface area contributed by atoms with Gasteiger partial charge in [0, 0.05) is 20.3 Å². The third-order valence-electron chi connectivity index (χ3n) is 2.30. The summed E-state index contributed by atoms with van der Waals surface area (Å²) in [6, 6.07) is 0. The van der Waals surface area contributed by atoms with Crippen molar-refractivity contribution in [1.29, 1.82) is 0 Å². The number of unbranched alkanes of at least 4 members (excludes halogenated alkanes) is 1. The Morgan fingerprint density at radius 2 is 2.00 bits per heavy atom. The topological polar surface area (TPSA) is 44.8 Å². The lowest BCUT2D eigenvalue weighted by molar-refractivity contribution is -0.147. The van der Waals surface area contributed by atoms with Crippen molar-refractivity contribution in [3.05, 3.63) is 12.7 Å². The van der Waals surface area contributed by atoms with E-state index in [0.29, 0.717) is 6.61 Å². The van der Waals surface area contributed by atoms with Gasteiger partial charge in [-0.25, -0.2) is 4.79 Å². The van der Waals surface area contributed by atoms with Gasteiger partial charge in [-0.3, -0.25) is 0 Å². The van der Waals surface area contributed by atoms with Crippen LogP contribution in [0.15, 0.2) is 12.7 Å². The van der Waals surface area contributed by atoms with Gasteiger partial charge in [-0.1, -0.05) is 6.58 Å². The van der Waals surface area contributed by atoms with Gasteiger partial charge in [-0.05, 0) is 19.3 Å². The van der Waals surface area contributed by atoms with Crippen LogP contribution in [0.5, 0.6) is 0 Å². The fourth-order valence-corrected chi connectivity index (χ4v) is 1.42. The van der Waals surface area contributed by atoms with Crippen molar-refractivity contribution in [2.45, 2.75) is 24.7 Å². The van der Waals surface area contributed by atoms with Crippen molar-refractivity contribution in [2.75, 3.05) is 20.8 Å². The SMILES string of the molecule is C=CC(=O)OCCCCC([SiH3])(OC)OC. The molecule has 0 rings (SSSR count). The zero-order valence-electron chi connectivity index (χ0n) is 9.75. The minimum absolute atomic E-state index is 0.370. The zero-order valence-corrected chi connectivity index (χ0v) is 11.7. The van der Waals surface area contributed by atoms with Crippen molar-refractivity contribution in [3.63, 3.8) is 0 Å². The van der Waals surface area contributed by atoms with Gasteiger partial charge >= 0.3 is 5.97 Å². The Bertz CT molecular complexity index is 202. The van der Waals surface area contributed by atoms with E-state index >= 15 is 0 Å². The molecule has 4 nitrogen and oxygen atoms in total. The van der Waals surface area contributed by atoms with E-state index in [1.807, 2.05) is 0 Å². The zero-order chi connectivity index (χ0) is 11.7. The van der Waals surface area contributed by atoms with E-state index in [2.05, 4.69) is 6.58 Å². The van der Waals surface area contributed by atoms with Gasteiger partial charge in [0.2, 0.25) is 0 Å². The van der Waals surface area contributed by atoms with E-state index in [1.165, 1.54) is 6.08 Å². The summed E-state index contributed by atoms with van der Waals surface area (Å²) in [7, 11) is 4.11. The van der Waals surface area contributed by atoms with Gasteiger partial charge < -0.3 is 14.2 Å². The smallest absolute Gasteiger partial charge is 0.330 e. The molecule has 5 heteroatoms. The normalized spacial score (nSPS) is 11.3. The molecule has 0 aromatic rings. The Morgan fingerprint density at radius 1 is 1.40 bits per heavy atom. The number of ether oxygens (including phenoxy) is 3. The Balaban J connectivity index is 3.53. The summed E-state index contributed by atoms with van der Waals surface area (Å²) in [5.41, 5.74) is -0.400. The summed E-state index contributed by atoms with van der Waals surface area (Å²) >= 11 is 0. The molecule has 0 aliphatic rings. The number of carbonyl (C=O) groups is 1. The molecular weight excluding hydrogens is 212 g/mol. The van der Waals surface area contributed by atoms with Gasteiger partial charge in [-0.2, -0.15) is 0 Å². The van der Waals surface area contributed by atoms with E-state index in [4.69, 9.17) is 14.2 Å². The highest BCUT2D eigenvalue weighted by Gasteiger charge is 2.20. The van der Waals surface area contributed by atoms with Crippen LogP contribution in [0.1, 0.15) is 19.3 Å². The second kappa shape index (κ2) is 7.61. The predicted molar refractivity (Wildman–Crippen MR) is 61.7 cm³/mol. The maximum Gasteiger partial charge on any atom is 0.330 e. The summed E-state index contributed by atoms with van der Waals surface area (Å²) in [5.74, 6) is -0.370. The lowest BCUT2D eigenvalue weighted by Gasteiger charge is -2.26. The van der Waals surface area contributed by atoms with Crippen molar-refractivity contribution in [1.82, 2.24) is 0 Å². The van der Waals surface area contributed by atoms with Crippen LogP contribution in [-0.2, 0) is 19.0 Å². The number of hydrogen-bond donors (Lipinski definition) is 0. The molecular formula is C10H20O4Si. The number of carbonyl (C=O) groups excluding carboxylic acids is 1. The number of esters is 1. The highest BCUT2D eigenvalue weighted by atomic mass is 28.1. The highest BCUT2D eigenvalue weighted by Crippen LogP contribution is 2.14. The first-order valence-corrected chi connectivity index (χ1v) is 5.97. The Morgan fingerprint density at radius 3 is 2.47 bits per heavy atom. The lowest BCUT2D eigenvalue weighted by atomic mass is 10.2. The molecule has 0 aliphatic carbocycles. The van der Waals surface area contributed by atoms with E-state index < -0.39 is 5.41 Å². The first-order chi connectivity index (χ1) is 7.08. The van der Waals surface area contributed by atoms with E-state index in [0.717, 1.165) is 29.5 Å². The summed E-state index contributed by atoms with van der Waals surface area (Å²) in [5, 5.41) is 0. The molecule has 0 saturated carbocycles. The Labute approximate surface area is 94.0 Å². The fourth-order valence-electron chi connectivity index (χ4n) is 1.07. The molecule has 0 aromatic heterocycles. The molecule has 15 heavy (non-hydrogen) atoms. The fraction of sp³-hybridized carbons (Fsp3) is 0.700. The Kier molecular flexibility index (Phi) is 7.28. The molecule has 0 aliphatic heterocycles. The minimum atomic E-state index is -0.400. The van der Waals surface area contributed by atoms with Crippen LogP contribution in [-0.4, -0.2) is 42.4 Å². The average molecular weight is 232 g/mol. The van der Waals surface area contributed by atoms with Crippen LogP contribution >= 0.6 is 0 Å². The monoisotopic (exact) mass is 232 g/mol. The number of hydrogen-bond acceptors (Lipinski definition) is 4. The molecule has 0 atom stereocenters. The molecule has 0 unspecified atom stereocenters. The lowest BCUT2D eigenvalue weighted by Crippen LogP contribution is -2.34. The predicted octanol–water partition coefficient (Wildman–Crippen LogP) is 0.198. The van der Waals surface area contributed by atoms with E-state index in [-0.39, 0.29) is 5.97 Å². The first kappa shape index (κ1) is 14.3. The van der Waals surface area contributed by atoms with Crippen LogP contribution in [0, 0.1) is 0 Å². The third-order valence-corrected chi connectivity index (χ3v) is 3.62. The summed E-state index contributed by atoms with van der Waals surface area (Å²) < 4.78 is 15.3. The first-order valence-electron chi connectivity index (χ1n) is 4.97. The molecule has 0 heterocycles. The van der Waals surface area contributed by atoms with Crippen LogP contribution in [0.4, 0.5) is 0 Å². The number of rotatable bonds is 8. The molecule has 0 N–H and O–H groups in total. The molecule has 0 aromatic carbocycles. The van der Waals surface area contributed by atoms with Crippen LogP contribution in [0.3, 0.4) is 0 Å². The summed E-state index contributed by atoms with van der Waals surface area (Å²) in [4.78, 5) is 10.7. The highest BCUT2D eigenvalue weighted by molar-refractivity contribution is 6.13. The van der Waals surface area contributed by atoms with Crippen molar-refractivity contribution >= 4 is 16.2 Å². The van der Waals surface area contributed by atoms with Crippen molar-refractivity contribution in [2.24, 2.45) is 0 Å². The average Bonchev–Trinajstić information content (AvgIpc) is 2.27. The maximum atomic E-state index is 10.7. The van der Waals surface area contributed by atoms with Gasteiger partial charge in [0.05, 0.1) is 16.8 Å². The maximum absolute atomic E-state index is 10.7.